The molecule has 0 aliphatic rings. The number of hydrogen-bond donors (Lipinski definition) is 0. The summed E-state index contributed by atoms with van der Waals surface area (Å²) < 4.78 is 5.80. The zero-order valence-electron chi connectivity index (χ0n) is 16.1. The van der Waals surface area contributed by atoms with Gasteiger partial charge in [0.15, 0.2) is 0 Å². The smallest absolute Gasteiger partial charge is 0.119 e. The van der Waals surface area contributed by atoms with Crippen molar-refractivity contribution in [1.29, 1.82) is 0 Å². The molecule has 1 aromatic heterocycles. The molecule has 1 heterocycles. The molecular weight excluding hydrogens is 306 g/mol. The molecule has 0 saturated carbocycles. The minimum absolute atomic E-state index is 0.353. The predicted molar refractivity (Wildman–Crippen MR) is 106 cm³/mol. The van der Waals surface area contributed by atoms with Gasteiger partial charge in [0.2, 0.25) is 0 Å². The van der Waals surface area contributed by atoms with Gasteiger partial charge < -0.3 is 4.74 Å². The molecule has 0 aliphatic carbocycles. The molecule has 1 atom stereocenters. The monoisotopic (exact) mass is 339 g/mol. The molecule has 1 unspecified atom stereocenters. The van der Waals surface area contributed by atoms with Crippen molar-refractivity contribution < 1.29 is 4.74 Å². The van der Waals surface area contributed by atoms with E-state index >= 15 is 0 Å². The minimum Gasteiger partial charge on any atom is -0.494 e. The van der Waals surface area contributed by atoms with Crippen LogP contribution in [0.25, 0.3) is 0 Å². The second kappa shape index (κ2) is 10.9. The average molecular weight is 340 g/mol. The fourth-order valence-electron chi connectivity index (χ4n) is 2.98. The Labute approximate surface area is 153 Å². The van der Waals surface area contributed by atoms with Crippen LogP contribution in [0, 0.1) is 0 Å². The largest absolute Gasteiger partial charge is 0.494 e. The first-order valence-corrected chi connectivity index (χ1v) is 9.92. The third-order valence-electron chi connectivity index (χ3n) is 4.78. The Hall–Kier alpha value is -1.83. The fraction of sp³-hybridized carbons (Fsp3) is 0.522. The lowest BCUT2D eigenvalue weighted by atomic mass is 9.94. The maximum absolute atomic E-state index is 5.80. The molecule has 0 amide bonds. The number of aromatic nitrogens is 1. The van der Waals surface area contributed by atoms with Gasteiger partial charge in [0.05, 0.1) is 6.61 Å². The Balaban J connectivity index is 1.89. The molecule has 2 nitrogen and oxygen atoms in total. The molecule has 0 N–H and O–H groups in total. The second-order valence-corrected chi connectivity index (χ2v) is 6.89. The zero-order valence-corrected chi connectivity index (χ0v) is 16.1. The Morgan fingerprint density at radius 1 is 0.840 bits per heavy atom. The van der Waals surface area contributed by atoms with Crippen molar-refractivity contribution in [3.8, 4) is 5.75 Å². The number of aryl methyl sites for hydroxylation is 1. The number of unbranched alkanes of at least 4 members (excludes halogenated alkanes) is 4. The van der Waals surface area contributed by atoms with Gasteiger partial charge in [-0.25, -0.2) is 0 Å². The summed E-state index contributed by atoms with van der Waals surface area (Å²) in [5.41, 5.74) is 3.79. The lowest BCUT2D eigenvalue weighted by molar-refractivity contribution is 0.306. The highest BCUT2D eigenvalue weighted by atomic mass is 16.5. The quantitative estimate of drug-likeness (QED) is 0.434. The maximum Gasteiger partial charge on any atom is 0.119 e. The number of nitrogens with zero attached hydrogens (tertiary/aromatic N) is 1. The van der Waals surface area contributed by atoms with E-state index in [-0.39, 0.29) is 0 Å². The van der Waals surface area contributed by atoms with Crippen LogP contribution in [0.3, 0.4) is 0 Å². The Morgan fingerprint density at radius 2 is 1.52 bits per heavy atom. The van der Waals surface area contributed by atoms with E-state index in [0.29, 0.717) is 5.92 Å². The SMILES string of the molecule is CCCCCOc1ccc(C(C)c2ccc(CCCCC)nc2)cc1. The van der Waals surface area contributed by atoms with Gasteiger partial charge in [0.1, 0.15) is 5.75 Å². The fourth-order valence-corrected chi connectivity index (χ4v) is 2.98. The summed E-state index contributed by atoms with van der Waals surface area (Å²) in [7, 11) is 0. The standard InChI is InChI=1S/C23H33NO/c1-4-6-8-10-22-14-11-21(18-24-22)19(3)20-12-15-23(16-13-20)25-17-9-7-5-2/h11-16,18-19H,4-10,17H2,1-3H3. The van der Waals surface area contributed by atoms with Crippen molar-refractivity contribution in [2.24, 2.45) is 0 Å². The van der Waals surface area contributed by atoms with Crippen LogP contribution >= 0.6 is 0 Å². The molecule has 0 aliphatic heterocycles. The number of ether oxygens (including phenoxy) is 1. The van der Waals surface area contributed by atoms with Gasteiger partial charge in [-0.05, 0) is 48.6 Å². The van der Waals surface area contributed by atoms with Crippen LogP contribution in [-0.2, 0) is 6.42 Å². The number of pyridine rings is 1. The van der Waals surface area contributed by atoms with E-state index in [9.17, 15) is 0 Å². The summed E-state index contributed by atoms with van der Waals surface area (Å²) in [6.07, 6.45) is 10.5. The normalized spacial score (nSPS) is 12.1. The van der Waals surface area contributed by atoms with Crippen molar-refractivity contribution in [2.75, 3.05) is 6.61 Å². The number of benzene rings is 1. The summed E-state index contributed by atoms with van der Waals surface area (Å²) in [6.45, 7) is 7.50. The summed E-state index contributed by atoms with van der Waals surface area (Å²) in [6, 6.07) is 12.9. The molecular formula is C23H33NO. The van der Waals surface area contributed by atoms with Gasteiger partial charge >= 0.3 is 0 Å². The minimum atomic E-state index is 0.353. The highest BCUT2D eigenvalue weighted by Crippen LogP contribution is 2.25. The van der Waals surface area contributed by atoms with Crippen LogP contribution in [-0.4, -0.2) is 11.6 Å². The van der Waals surface area contributed by atoms with Crippen LogP contribution in [0.5, 0.6) is 5.75 Å². The zero-order chi connectivity index (χ0) is 17.9. The van der Waals surface area contributed by atoms with Crippen LogP contribution in [0.4, 0.5) is 0 Å². The number of hydrogen-bond acceptors (Lipinski definition) is 2. The van der Waals surface area contributed by atoms with Crippen LogP contribution in [0.2, 0.25) is 0 Å². The van der Waals surface area contributed by atoms with Crippen molar-refractivity contribution in [1.82, 2.24) is 4.98 Å². The van der Waals surface area contributed by atoms with E-state index in [1.807, 2.05) is 6.20 Å². The van der Waals surface area contributed by atoms with E-state index in [1.54, 1.807) is 0 Å². The lowest BCUT2D eigenvalue weighted by Gasteiger charge is -2.14. The van der Waals surface area contributed by atoms with E-state index in [0.717, 1.165) is 25.2 Å². The summed E-state index contributed by atoms with van der Waals surface area (Å²) >= 11 is 0. The van der Waals surface area contributed by atoms with Crippen molar-refractivity contribution in [2.45, 2.75) is 71.6 Å². The molecule has 25 heavy (non-hydrogen) atoms. The van der Waals surface area contributed by atoms with E-state index in [1.165, 1.54) is 48.9 Å². The van der Waals surface area contributed by atoms with Crippen molar-refractivity contribution in [3.05, 3.63) is 59.4 Å². The highest BCUT2D eigenvalue weighted by Gasteiger charge is 2.09. The Kier molecular flexibility index (Phi) is 8.51. The molecule has 0 bridgehead atoms. The maximum atomic E-state index is 5.80. The molecule has 136 valence electrons. The van der Waals surface area contributed by atoms with Gasteiger partial charge in [-0.1, -0.05) is 64.7 Å². The Bertz CT molecular complexity index is 588. The lowest BCUT2D eigenvalue weighted by Crippen LogP contribution is -2.00. The third-order valence-corrected chi connectivity index (χ3v) is 4.78. The molecule has 0 radical (unpaired) electrons. The van der Waals surface area contributed by atoms with Gasteiger partial charge in [0.25, 0.3) is 0 Å². The van der Waals surface area contributed by atoms with Crippen molar-refractivity contribution in [3.63, 3.8) is 0 Å². The average Bonchev–Trinajstić information content (AvgIpc) is 2.66. The molecule has 1 aromatic carbocycles. The molecule has 0 saturated heterocycles. The molecule has 0 fully saturated rings. The molecule has 2 aromatic rings. The third kappa shape index (κ3) is 6.53. The van der Waals surface area contributed by atoms with Crippen molar-refractivity contribution >= 4 is 0 Å². The van der Waals surface area contributed by atoms with Crippen LogP contribution < -0.4 is 4.74 Å². The first-order chi connectivity index (χ1) is 12.2. The first-order valence-electron chi connectivity index (χ1n) is 9.92. The summed E-state index contributed by atoms with van der Waals surface area (Å²) in [4.78, 5) is 4.65. The van der Waals surface area contributed by atoms with Gasteiger partial charge in [-0.3, -0.25) is 4.98 Å². The summed E-state index contributed by atoms with van der Waals surface area (Å²) in [5, 5.41) is 0. The second-order valence-electron chi connectivity index (χ2n) is 6.89. The van der Waals surface area contributed by atoms with Crippen LogP contribution in [0.1, 0.15) is 82.0 Å². The topological polar surface area (TPSA) is 22.1 Å². The molecule has 0 spiro atoms. The summed E-state index contributed by atoms with van der Waals surface area (Å²) in [5.74, 6) is 1.32. The van der Waals surface area contributed by atoms with Crippen LogP contribution in [0.15, 0.2) is 42.6 Å². The first kappa shape index (κ1) is 19.5. The Morgan fingerprint density at radius 3 is 2.16 bits per heavy atom. The van der Waals surface area contributed by atoms with Gasteiger partial charge in [0, 0.05) is 17.8 Å². The van der Waals surface area contributed by atoms with E-state index < -0.39 is 0 Å². The molecule has 2 rings (SSSR count). The van der Waals surface area contributed by atoms with E-state index in [4.69, 9.17) is 4.74 Å². The highest BCUT2D eigenvalue weighted by molar-refractivity contribution is 5.34. The predicted octanol–water partition coefficient (Wildman–Crippen LogP) is 6.54. The van der Waals surface area contributed by atoms with E-state index in [2.05, 4.69) is 62.2 Å². The molecule has 2 heteroatoms. The van der Waals surface area contributed by atoms with Gasteiger partial charge in [-0.2, -0.15) is 0 Å². The van der Waals surface area contributed by atoms with Gasteiger partial charge in [-0.15, -0.1) is 0 Å². The number of rotatable bonds is 11.